The van der Waals surface area contributed by atoms with Crippen LogP contribution < -0.4 is 9.64 Å². The fraction of sp³-hybridized carbons (Fsp3) is 0.333. The van der Waals surface area contributed by atoms with Crippen molar-refractivity contribution in [3.63, 3.8) is 0 Å². The van der Waals surface area contributed by atoms with Crippen LogP contribution in [-0.2, 0) is 0 Å². The minimum atomic E-state index is 0.897. The predicted octanol–water partition coefficient (Wildman–Crippen LogP) is 2.18. The van der Waals surface area contributed by atoms with Crippen LogP contribution in [0.2, 0.25) is 0 Å². The van der Waals surface area contributed by atoms with Crippen LogP contribution in [0.5, 0.6) is 5.75 Å². The molecule has 1 aromatic carbocycles. The number of anilines is 1. The van der Waals surface area contributed by atoms with Gasteiger partial charge in [0, 0.05) is 31.2 Å². The van der Waals surface area contributed by atoms with Gasteiger partial charge in [0.25, 0.3) is 0 Å². The lowest BCUT2D eigenvalue weighted by Gasteiger charge is -2.20. The standard InChI is InChI=1S/C12H16N2O/c1-10-4-5-11(15-3)8-12(10)14-7-6-13(2)9-14/h4-8H,9H2,1-3H3. The van der Waals surface area contributed by atoms with E-state index in [4.69, 9.17) is 4.74 Å². The Morgan fingerprint density at radius 1 is 1.27 bits per heavy atom. The van der Waals surface area contributed by atoms with Gasteiger partial charge in [-0.05, 0) is 18.6 Å². The highest BCUT2D eigenvalue weighted by molar-refractivity contribution is 5.59. The van der Waals surface area contributed by atoms with Crippen LogP contribution in [0, 0.1) is 6.92 Å². The number of benzene rings is 1. The molecule has 0 aliphatic carbocycles. The summed E-state index contributed by atoms with van der Waals surface area (Å²) in [4.78, 5) is 4.34. The van der Waals surface area contributed by atoms with E-state index in [1.54, 1.807) is 7.11 Å². The van der Waals surface area contributed by atoms with Crippen molar-refractivity contribution in [3.8, 4) is 5.75 Å². The maximum absolute atomic E-state index is 5.23. The first-order valence-electron chi connectivity index (χ1n) is 5.00. The Morgan fingerprint density at radius 2 is 2.07 bits per heavy atom. The van der Waals surface area contributed by atoms with E-state index in [1.165, 1.54) is 11.3 Å². The molecule has 3 nitrogen and oxygen atoms in total. The van der Waals surface area contributed by atoms with E-state index in [9.17, 15) is 0 Å². The third kappa shape index (κ3) is 1.91. The van der Waals surface area contributed by atoms with Crippen molar-refractivity contribution in [1.82, 2.24) is 4.90 Å². The zero-order valence-electron chi connectivity index (χ0n) is 9.40. The smallest absolute Gasteiger partial charge is 0.120 e. The van der Waals surface area contributed by atoms with E-state index in [0.717, 1.165) is 12.4 Å². The van der Waals surface area contributed by atoms with Gasteiger partial charge in [0.15, 0.2) is 0 Å². The summed E-state index contributed by atoms with van der Waals surface area (Å²) in [6, 6.07) is 6.14. The van der Waals surface area contributed by atoms with Gasteiger partial charge in [0.1, 0.15) is 5.75 Å². The van der Waals surface area contributed by atoms with Crippen molar-refractivity contribution in [2.75, 3.05) is 25.7 Å². The van der Waals surface area contributed by atoms with E-state index in [1.807, 2.05) is 6.07 Å². The average Bonchev–Trinajstić information content (AvgIpc) is 2.65. The lowest BCUT2D eigenvalue weighted by molar-refractivity contribution is 0.414. The second kappa shape index (κ2) is 3.85. The fourth-order valence-corrected chi connectivity index (χ4v) is 1.71. The van der Waals surface area contributed by atoms with Crippen LogP contribution >= 0.6 is 0 Å². The summed E-state index contributed by atoms with van der Waals surface area (Å²) in [6.45, 7) is 3.01. The summed E-state index contributed by atoms with van der Waals surface area (Å²) < 4.78 is 5.23. The van der Waals surface area contributed by atoms with E-state index in [-0.39, 0.29) is 0 Å². The van der Waals surface area contributed by atoms with E-state index in [2.05, 4.69) is 48.3 Å². The van der Waals surface area contributed by atoms with Crippen LogP contribution in [-0.4, -0.2) is 25.7 Å². The Morgan fingerprint density at radius 3 is 2.67 bits per heavy atom. The minimum Gasteiger partial charge on any atom is -0.497 e. The molecule has 1 aliphatic heterocycles. The summed E-state index contributed by atoms with van der Waals surface area (Å²) in [5, 5.41) is 0. The molecular weight excluding hydrogens is 188 g/mol. The Labute approximate surface area is 90.6 Å². The number of hydrogen-bond acceptors (Lipinski definition) is 3. The molecule has 3 heteroatoms. The molecule has 0 unspecified atom stereocenters. The summed E-state index contributed by atoms with van der Waals surface area (Å²) in [6.07, 6.45) is 4.15. The molecular formula is C12H16N2O. The SMILES string of the molecule is COc1ccc(C)c(N2C=CN(C)C2)c1. The molecule has 1 aliphatic rings. The summed E-state index contributed by atoms with van der Waals surface area (Å²) in [7, 11) is 3.76. The zero-order valence-corrected chi connectivity index (χ0v) is 9.40. The first-order chi connectivity index (χ1) is 7.20. The van der Waals surface area contributed by atoms with E-state index < -0.39 is 0 Å². The quantitative estimate of drug-likeness (QED) is 0.734. The van der Waals surface area contributed by atoms with Crippen LogP contribution in [0.25, 0.3) is 0 Å². The zero-order chi connectivity index (χ0) is 10.8. The van der Waals surface area contributed by atoms with Crippen molar-refractivity contribution >= 4 is 5.69 Å². The average molecular weight is 204 g/mol. The molecule has 0 atom stereocenters. The normalized spacial score (nSPS) is 14.9. The van der Waals surface area contributed by atoms with Crippen molar-refractivity contribution in [3.05, 3.63) is 36.2 Å². The molecule has 2 rings (SSSR count). The molecule has 0 fully saturated rings. The summed E-state index contributed by atoms with van der Waals surface area (Å²) >= 11 is 0. The molecule has 0 amide bonds. The highest BCUT2D eigenvalue weighted by atomic mass is 16.5. The number of methoxy groups -OCH3 is 1. The lowest BCUT2D eigenvalue weighted by atomic mass is 10.2. The highest BCUT2D eigenvalue weighted by Crippen LogP contribution is 2.27. The van der Waals surface area contributed by atoms with Crippen molar-refractivity contribution in [2.45, 2.75) is 6.92 Å². The maximum Gasteiger partial charge on any atom is 0.120 e. The van der Waals surface area contributed by atoms with Gasteiger partial charge < -0.3 is 14.5 Å². The third-order valence-corrected chi connectivity index (χ3v) is 2.60. The monoisotopic (exact) mass is 204 g/mol. The van der Waals surface area contributed by atoms with Crippen LogP contribution in [0.1, 0.15) is 5.56 Å². The molecule has 0 bridgehead atoms. The number of nitrogens with zero attached hydrogens (tertiary/aromatic N) is 2. The number of rotatable bonds is 2. The van der Waals surface area contributed by atoms with Gasteiger partial charge in [0.05, 0.1) is 13.8 Å². The summed E-state index contributed by atoms with van der Waals surface area (Å²) in [5.74, 6) is 0.901. The molecule has 0 N–H and O–H groups in total. The number of aryl methyl sites for hydroxylation is 1. The molecule has 0 spiro atoms. The van der Waals surface area contributed by atoms with Crippen LogP contribution in [0.3, 0.4) is 0 Å². The van der Waals surface area contributed by atoms with E-state index >= 15 is 0 Å². The molecule has 1 aromatic rings. The van der Waals surface area contributed by atoms with E-state index in [0.29, 0.717) is 0 Å². The first-order valence-corrected chi connectivity index (χ1v) is 5.00. The number of hydrogen-bond donors (Lipinski definition) is 0. The first kappa shape index (κ1) is 9.90. The van der Waals surface area contributed by atoms with Crippen molar-refractivity contribution in [2.24, 2.45) is 0 Å². The molecule has 15 heavy (non-hydrogen) atoms. The molecule has 0 aromatic heterocycles. The Bertz CT molecular complexity index is 387. The Kier molecular flexibility index (Phi) is 2.54. The van der Waals surface area contributed by atoms with Gasteiger partial charge >= 0.3 is 0 Å². The van der Waals surface area contributed by atoms with Gasteiger partial charge in [-0.1, -0.05) is 6.07 Å². The maximum atomic E-state index is 5.23. The van der Waals surface area contributed by atoms with Crippen LogP contribution in [0.15, 0.2) is 30.6 Å². The van der Waals surface area contributed by atoms with Gasteiger partial charge in [-0.15, -0.1) is 0 Å². The summed E-state index contributed by atoms with van der Waals surface area (Å²) in [5.41, 5.74) is 2.46. The second-order valence-electron chi connectivity index (χ2n) is 3.82. The largest absolute Gasteiger partial charge is 0.497 e. The van der Waals surface area contributed by atoms with Crippen molar-refractivity contribution < 1.29 is 4.74 Å². The Balaban J connectivity index is 2.31. The van der Waals surface area contributed by atoms with Gasteiger partial charge in [-0.3, -0.25) is 0 Å². The van der Waals surface area contributed by atoms with Crippen LogP contribution in [0.4, 0.5) is 5.69 Å². The van der Waals surface area contributed by atoms with Gasteiger partial charge in [-0.25, -0.2) is 0 Å². The molecule has 0 saturated carbocycles. The topological polar surface area (TPSA) is 15.7 Å². The fourth-order valence-electron chi connectivity index (χ4n) is 1.71. The van der Waals surface area contributed by atoms with Crippen molar-refractivity contribution in [1.29, 1.82) is 0 Å². The second-order valence-corrected chi connectivity index (χ2v) is 3.82. The molecule has 0 radical (unpaired) electrons. The third-order valence-electron chi connectivity index (χ3n) is 2.60. The minimum absolute atomic E-state index is 0.897. The lowest BCUT2D eigenvalue weighted by Crippen LogP contribution is -2.22. The van der Waals surface area contributed by atoms with Gasteiger partial charge in [-0.2, -0.15) is 0 Å². The molecule has 1 heterocycles. The predicted molar refractivity (Wildman–Crippen MR) is 62.0 cm³/mol. The van der Waals surface area contributed by atoms with Gasteiger partial charge in [0.2, 0.25) is 0 Å². The Hall–Kier alpha value is -1.64. The molecule has 80 valence electrons. The molecule has 0 saturated heterocycles. The number of ether oxygens (including phenoxy) is 1. The highest BCUT2D eigenvalue weighted by Gasteiger charge is 2.13.